The van der Waals surface area contributed by atoms with E-state index >= 15 is 0 Å². The van der Waals surface area contributed by atoms with E-state index in [0.29, 0.717) is 11.6 Å². The summed E-state index contributed by atoms with van der Waals surface area (Å²) in [6.07, 6.45) is 4.17. The summed E-state index contributed by atoms with van der Waals surface area (Å²) in [6, 6.07) is 8.44. The lowest BCUT2D eigenvalue weighted by Crippen LogP contribution is -2.12. The van der Waals surface area contributed by atoms with Crippen LogP contribution in [0.2, 0.25) is 0 Å². The molecule has 1 fully saturated rings. The van der Waals surface area contributed by atoms with E-state index in [9.17, 15) is 8.42 Å². The smallest absolute Gasteiger partial charge is 0.340 e. The molecule has 1 unspecified atom stereocenters. The average Bonchev–Trinajstić information content (AvgIpc) is 3.34. The number of fused-ring (bicyclic) bond motifs is 1. The van der Waals surface area contributed by atoms with E-state index in [-0.39, 0.29) is 16.8 Å². The molecule has 136 valence electrons. The lowest BCUT2D eigenvalue weighted by atomic mass is 10.2. The largest absolute Gasteiger partial charge is 0.358 e. The number of benzene rings is 1. The van der Waals surface area contributed by atoms with Crippen molar-refractivity contribution in [2.45, 2.75) is 44.6 Å². The van der Waals surface area contributed by atoms with Crippen LogP contribution in [0, 0.1) is 19.8 Å². The second-order valence-corrected chi connectivity index (χ2v) is 8.58. The third-order valence-corrected chi connectivity index (χ3v) is 6.18. The summed E-state index contributed by atoms with van der Waals surface area (Å²) in [5.74, 6) is 0.682. The fourth-order valence-electron chi connectivity index (χ4n) is 3.13. The molecule has 0 radical (unpaired) electrons. The maximum Gasteiger partial charge on any atom is 0.340 e. The molecule has 1 aromatic carbocycles. The molecule has 0 saturated heterocycles. The number of aromatic nitrogens is 3. The van der Waals surface area contributed by atoms with Crippen LogP contribution in [-0.4, -0.2) is 23.2 Å². The van der Waals surface area contributed by atoms with Crippen LogP contribution >= 0.6 is 0 Å². The molecule has 4 rings (SSSR count). The minimum absolute atomic E-state index is 0.0697. The Morgan fingerprint density at radius 1 is 1.19 bits per heavy atom. The Balaban J connectivity index is 1.72. The Kier molecular flexibility index (Phi) is 3.99. The molecular formula is C19H21N3O3S. The van der Waals surface area contributed by atoms with Gasteiger partial charge >= 0.3 is 10.1 Å². The Morgan fingerprint density at radius 2 is 1.88 bits per heavy atom. The van der Waals surface area contributed by atoms with Crippen molar-refractivity contribution in [2.24, 2.45) is 5.92 Å². The summed E-state index contributed by atoms with van der Waals surface area (Å²) in [6.45, 7) is 5.93. The topological polar surface area (TPSA) is 74.1 Å². The molecule has 2 aromatic heterocycles. The van der Waals surface area contributed by atoms with Crippen molar-refractivity contribution in [3.8, 4) is 5.88 Å². The standard InChI is InChI=1S/C19H21N3O3S/c1-12-4-8-16(9-5-12)26(23,24)25-18-10-13(2)17-11-20-22(19(17)21-18)14(3)15-6-7-15/h4-5,8-11,14-15H,6-7H2,1-3H3. The van der Waals surface area contributed by atoms with Gasteiger partial charge in [-0.1, -0.05) is 17.7 Å². The summed E-state index contributed by atoms with van der Waals surface area (Å²) in [7, 11) is -3.93. The Labute approximate surface area is 152 Å². The zero-order chi connectivity index (χ0) is 18.5. The highest BCUT2D eigenvalue weighted by Crippen LogP contribution is 2.40. The van der Waals surface area contributed by atoms with Crippen LogP contribution in [0.15, 0.2) is 41.4 Å². The van der Waals surface area contributed by atoms with Crippen molar-refractivity contribution < 1.29 is 12.6 Å². The van der Waals surface area contributed by atoms with Crippen LogP contribution in [-0.2, 0) is 10.1 Å². The van der Waals surface area contributed by atoms with Crippen LogP contribution in [0.1, 0.15) is 36.9 Å². The van der Waals surface area contributed by atoms with Gasteiger partial charge in [-0.25, -0.2) is 4.68 Å². The molecule has 0 bridgehead atoms. The fourth-order valence-corrected chi connectivity index (χ4v) is 4.01. The molecule has 1 aliphatic rings. The first-order valence-electron chi connectivity index (χ1n) is 8.71. The van der Waals surface area contributed by atoms with E-state index < -0.39 is 10.1 Å². The molecule has 3 aromatic rings. The van der Waals surface area contributed by atoms with Gasteiger partial charge in [0.2, 0.25) is 5.88 Å². The molecule has 0 amide bonds. The summed E-state index contributed by atoms with van der Waals surface area (Å²) in [5.41, 5.74) is 2.54. The molecule has 1 atom stereocenters. The van der Waals surface area contributed by atoms with Gasteiger partial charge in [-0.3, -0.25) is 0 Å². The highest BCUT2D eigenvalue weighted by molar-refractivity contribution is 7.87. The van der Waals surface area contributed by atoms with Gasteiger partial charge in [0.15, 0.2) is 5.65 Å². The molecule has 0 N–H and O–H groups in total. The molecular weight excluding hydrogens is 350 g/mol. The van der Waals surface area contributed by atoms with Crippen LogP contribution in [0.25, 0.3) is 11.0 Å². The van der Waals surface area contributed by atoms with Gasteiger partial charge in [-0.15, -0.1) is 0 Å². The van der Waals surface area contributed by atoms with Crippen molar-refractivity contribution >= 4 is 21.2 Å². The molecule has 26 heavy (non-hydrogen) atoms. The van der Waals surface area contributed by atoms with Gasteiger partial charge in [0.05, 0.1) is 12.2 Å². The number of rotatable bonds is 5. The first-order valence-corrected chi connectivity index (χ1v) is 10.1. The first kappa shape index (κ1) is 17.0. The Bertz CT molecular complexity index is 1070. The van der Waals surface area contributed by atoms with Gasteiger partial charge in [0.25, 0.3) is 0 Å². The molecule has 7 heteroatoms. The second kappa shape index (κ2) is 6.09. The Morgan fingerprint density at radius 3 is 2.54 bits per heavy atom. The van der Waals surface area contributed by atoms with Gasteiger partial charge in [0.1, 0.15) is 4.90 Å². The van der Waals surface area contributed by atoms with Crippen molar-refractivity contribution in [3.63, 3.8) is 0 Å². The van der Waals surface area contributed by atoms with Crippen LogP contribution < -0.4 is 4.18 Å². The summed E-state index contributed by atoms with van der Waals surface area (Å²) in [4.78, 5) is 4.57. The van der Waals surface area contributed by atoms with Crippen molar-refractivity contribution in [1.82, 2.24) is 14.8 Å². The SMILES string of the molecule is Cc1ccc(S(=O)(=O)Oc2cc(C)c3cnn(C(C)C4CC4)c3n2)cc1. The number of aryl methyl sites for hydroxylation is 2. The second-order valence-electron chi connectivity index (χ2n) is 7.03. The van der Waals surface area contributed by atoms with E-state index in [1.54, 1.807) is 24.4 Å². The summed E-state index contributed by atoms with van der Waals surface area (Å²) >= 11 is 0. The monoisotopic (exact) mass is 371 g/mol. The normalized spacial score (nSPS) is 16.0. The lowest BCUT2D eigenvalue weighted by molar-refractivity contribution is 0.447. The summed E-state index contributed by atoms with van der Waals surface area (Å²) in [5, 5.41) is 5.39. The van der Waals surface area contributed by atoms with Crippen LogP contribution in [0.4, 0.5) is 0 Å². The van der Waals surface area contributed by atoms with Gasteiger partial charge in [-0.05, 0) is 57.2 Å². The van der Waals surface area contributed by atoms with E-state index in [1.807, 2.05) is 18.5 Å². The first-order chi connectivity index (χ1) is 12.3. The number of hydrogen-bond acceptors (Lipinski definition) is 5. The van der Waals surface area contributed by atoms with Crippen molar-refractivity contribution in [1.29, 1.82) is 0 Å². The van der Waals surface area contributed by atoms with Gasteiger partial charge < -0.3 is 4.18 Å². The number of pyridine rings is 1. The minimum Gasteiger partial charge on any atom is -0.358 e. The van der Waals surface area contributed by atoms with E-state index in [0.717, 1.165) is 16.5 Å². The quantitative estimate of drug-likeness (QED) is 0.638. The average molecular weight is 371 g/mol. The van der Waals surface area contributed by atoms with E-state index in [1.165, 1.54) is 25.0 Å². The predicted molar refractivity (Wildman–Crippen MR) is 98.7 cm³/mol. The van der Waals surface area contributed by atoms with Gasteiger partial charge in [-0.2, -0.15) is 18.5 Å². The van der Waals surface area contributed by atoms with Gasteiger partial charge in [0, 0.05) is 11.5 Å². The predicted octanol–water partition coefficient (Wildman–Crippen LogP) is 3.79. The molecule has 1 aliphatic carbocycles. The maximum atomic E-state index is 12.6. The van der Waals surface area contributed by atoms with Crippen molar-refractivity contribution in [2.75, 3.05) is 0 Å². The van der Waals surface area contributed by atoms with E-state index in [2.05, 4.69) is 17.0 Å². The molecule has 2 heterocycles. The summed E-state index contributed by atoms with van der Waals surface area (Å²) < 4.78 is 32.3. The third kappa shape index (κ3) is 3.07. The zero-order valence-corrected chi connectivity index (χ0v) is 15.8. The minimum atomic E-state index is -3.93. The lowest BCUT2D eigenvalue weighted by Gasteiger charge is -2.13. The van der Waals surface area contributed by atoms with Crippen LogP contribution in [0.5, 0.6) is 5.88 Å². The zero-order valence-electron chi connectivity index (χ0n) is 15.0. The highest BCUT2D eigenvalue weighted by atomic mass is 32.2. The fraction of sp³-hybridized carbons (Fsp3) is 0.368. The molecule has 0 spiro atoms. The number of hydrogen-bond donors (Lipinski definition) is 0. The van der Waals surface area contributed by atoms with Crippen molar-refractivity contribution in [3.05, 3.63) is 47.7 Å². The van der Waals surface area contributed by atoms with Crippen LogP contribution in [0.3, 0.4) is 0 Å². The third-order valence-electron chi connectivity index (χ3n) is 4.94. The van der Waals surface area contributed by atoms with E-state index in [4.69, 9.17) is 4.18 Å². The molecule has 1 saturated carbocycles. The molecule has 6 nitrogen and oxygen atoms in total. The number of nitrogens with zero attached hydrogens (tertiary/aromatic N) is 3. The Hall–Kier alpha value is -2.41. The maximum absolute atomic E-state index is 12.6. The highest BCUT2D eigenvalue weighted by Gasteiger charge is 2.31. The molecule has 0 aliphatic heterocycles.